The van der Waals surface area contributed by atoms with Crippen LogP contribution in [0.3, 0.4) is 0 Å². The lowest BCUT2D eigenvalue weighted by Crippen LogP contribution is -2.13. The van der Waals surface area contributed by atoms with Gasteiger partial charge in [0.05, 0.1) is 0 Å². The number of benzene rings is 1. The van der Waals surface area contributed by atoms with Gasteiger partial charge in [0.15, 0.2) is 12.4 Å². The topological polar surface area (TPSA) is 43.2 Å². The van der Waals surface area contributed by atoms with E-state index in [4.69, 9.17) is 0 Å². The maximum atomic E-state index is 12.0. The summed E-state index contributed by atoms with van der Waals surface area (Å²) in [5, 5.41) is 2.84. The number of nitrogens with one attached hydrogen (secondary N) is 2. The van der Waals surface area contributed by atoms with E-state index < -0.39 is 0 Å². The largest absolute Gasteiger partial charge is 0.317 e. The van der Waals surface area contributed by atoms with Crippen LogP contribution in [0.4, 0.5) is 5.69 Å². The Labute approximate surface area is 107 Å². The van der Waals surface area contributed by atoms with Gasteiger partial charge in [0.2, 0.25) is 0 Å². The van der Waals surface area contributed by atoms with Crippen molar-refractivity contribution in [3.05, 3.63) is 59.9 Å². The maximum absolute atomic E-state index is 12.0. The Morgan fingerprint density at radius 2 is 1.89 bits per heavy atom. The lowest BCUT2D eigenvalue weighted by atomic mass is 10.0. The first-order valence-electron chi connectivity index (χ1n) is 6.04. The summed E-state index contributed by atoms with van der Waals surface area (Å²) >= 11 is 0. The molecule has 0 atom stereocenters. The van der Waals surface area contributed by atoms with E-state index in [0.29, 0.717) is 11.5 Å². The summed E-state index contributed by atoms with van der Waals surface area (Å²) in [6.07, 6.45) is 3.55. The number of rotatable bonds is 3. The second-order valence-corrected chi connectivity index (χ2v) is 4.52. The van der Waals surface area contributed by atoms with Gasteiger partial charge in [-0.3, -0.25) is 4.79 Å². The van der Waals surface area contributed by atoms with Crippen molar-refractivity contribution in [1.82, 2.24) is 0 Å². The number of pyridine rings is 1. The van der Waals surface area contributed by atoms with Crippen LogP contribution in [0.15, 0.2) is 48.8 Å². The molecule has 2 aromatic rings. The Hall–Kier alpha value is -2.16. The Morgan fingerprint density at radius 3 is 2.44 bits per heavy atom. The lowest BCUT2D eigenvalue weighted by molar-refractivity contribution is -0.377. The minimum Gasteiger partial charge on any atom is -0.317 e. The molecule has 0 saturated carbocycles. The molecule has 0 aliphatic rings. The summed E-state index contributed by atoms with van der Waals surface area (Å²) in [6, 6.07) is 11.4. The van der Waals surface area contributed by atoms with Crippen LogP contribution in [0.1, 0.15) is 35.7 Å². The zero-order valence-electron chi connectivity index (χ0n) is 10.6. The molecule has 1 aromatic heterocycles. The number of aromatic amines is 1. The van der Waals surface area contributed by atoms with Crippen molar-refractivity contribution in [2.75, 3.05) is 5.32 Å². The van der Waals surface area contributed by atoms with Crippen LogP contribution in [0, 0.1) is 0 Å². The Bertz CT molecular complexity index is 518. The molecule has 2 rings (SSSR count). The zero-order valence-corrected chi connectivity index (χ0v) is 10.6. The summed E-state index contributed by atoms with van der Waals surface area (Å²) in [5.74, 6) is 0.385. The third kappa shape index (κ3) is 2.94. The molecule has 3 heteroatoms. The Morgan fingerprint density at radius 1 is 1.17 bits per heavy atom. The monoisotopic (exact) mass is 241 g/mol. The maximum Gasteiger partial charge on any atom is 0.255 e. The van der Waals surface area contributed by atoms with Gasteiger partial charge in [0.25, 0.3) is 5.91 Å². The zero-order chi connectivity index (χ0) is 13.0. The van der Waals surface area contributed by atoms with Crippen LogP contribution in [0.25, 0.3) is 0 Å². The number of H-pyrrole nitrogens is 1. The van der Waals surface area contributed by atoms with Gasteiger partial charge in [0.1, 0.15) is 5.69 Å². The van der Waals surface area contributed by atoms with Crippen LogP contribution in [0.5, 0.6) is 0 Å². The minimum absolute atomic E-state index is 0.0927. The number of amides is 1. The van der Waals surface area contributed by atoms with Crippen molar-refractivity contribution >= 4 is 11.6 Å². The third-order valence-corrected chi connectivity index (χ3v) is 2.80. The van der Waals surface area contributed by atoms with Gasteiger partial charge in [-0.2, -0.15) is 0 Å². The molecule has 3 nitrogen and oxygen atoms in total. The van der Waals surface area contributed by atoms with Crippen LogP contribution >= 0.6 is 0 Å². The molecule has 0 fully saturated rings. The molecule has 2 N–H and O–H groups in total. The molecule has 0 unspecified atom stereocenters. The summed E-state index contributed by atoms with van der Waals surface area (Å²) in [5.41, 5.74) is 2.67. The molecule has 1 amide bonds. The third-order valence-electron chi connectivity index (χ3n) is 2.80. The minimum atomic E-state index is -0.0927. The Kier molecular flexibility index (Phi) is 3.72. The molecular weight excluding hydrogens is 224 g/mol. The highest BCUT2D eigenvalue weighted by atomic mass is 16.1. The second-order valence-electron chi connectivity index (χ2n) is 4.52. The fraction of sp³-hybridized carbons (Fsp3) is 0.200. The SMILES string of the molecule is CC(C)c1ccc(C(=O)Nc2ccc[nH+]c2)cc1. The van der Waals surface area contributed by atoms with Gasteiger partial charge in [-0.05, 0) is 29.7 Å². The first-order valence-corrected chi connectivity index (χ1v) is 6.04. The number of carbonyl (C=O) groups excluding carboxylic acids is 1. The first kappa shape index (κ1) is 12.3. The van der Waals surface area contributed by atoms with Gasteiger partial charge in [-0.15, -0.1) is 0 Å². The van der Waals surface area contributed by atoms with E-state index >= 15 is 0 Å². The molecule has 18 heavy (non-hydrogen) atoms. The van der Waals surface area contributed by atoms with Crippen molar-refractivity contribution in [3.63, 3.8) is 0 Å². The molecule has 1 aromatic carbocycles. The van der Waals surface area contributed by atoms with Crippen LogP contribution in [-0.2, 0) is 0 Å². The van der Waals surface area contributed by atoms with Crippen molar-refractivity contribution in [2.24, 2.45) is 0 Å². The van der Waals surface area contributed by atoms with E-state index in [1.165, 1.54) is 5.56 Å². The molecule has 0 spiro atoms. The first-order chi connectivity index (χ1) is 8.66. The molecule has 0 aliphatic heterocycles. The normalized spacial score (nSPS) is 10.4. The molecular formula is C15H17N2O+. The molecule has 0 bridgehead atoms. The van der Waals surface area contributed by atoms with Crippen LogP contribution in [0.2, 0.25) is 0 Å². The highest BCUT2D eigenvalue weighted by Crippen LogP contribution is 2.15. The summed E-state index contributed by atoms with van der Waals surface area (Å²) in [4.78, 5) is 14.9. The van der Waals surface area contributed by atoms with E-state index in [9.17, 15) is 4.79 Å². The van der Waals surface area contributed by atoms with E-state index in [1.54, 1.807) is 12.4 Å². The smallest absolute Gasteiger partial charge is 0.255 e. The lowest BCUT2D eigenvalue weighted by Gasteiger charge is -2.07. The number of hydrogen-bond acceptors (Lipinski definition) is 1. The van der Waals surface area contributed by atoms with Crippen molar-refractivity contribution in [3.8, 4) is 0 Å². The Balaban J connectivity index is 2.10. The van der Waals surface area contributed by atoms with E-state index in [0.717, 1.165) is 5.69 Å². The average molecular weight is 241 g/mol. The molecule has 1 heterocycles. The van der Waals surface area contributed by atoms with E-state index in [1.807, 2.05) is 36.4 Å². The molecule has 0 radical (unpaired) electrons. The summed E-state index contributed by atoms with van der Waals surface area (Å²) in [6.45, 7) is 4.27. The predicted octanol–water partition coefficient (Wildman–Crippen LogP) is 2.88. The van der Waals surface area contributed by atoms with E-state index in [2.05, 4.69) is 24.1 Å². The number of hydrogen-bond donors (Lipinski definition) is 1. The second kappa shape index (κ2) is 5.45. The van der Waals surface area contributed by atoms with Gasteiger partial charge >= 0.3 is 0 Å². The number of carbonyl (C=O) groups is 1. The molecule has 0 saturated heterocycles. The van der Waals surface area contributed by atoms with Crippen LogP contribution in [-0.4, -0.2) is 5.91 Å². The quantitative estimate of drug-likeness (QED) is 0.882. The predicted molar refractivity (Wildman–Crippen MR) is 71.5 cm³/mol. The van der Waals surface area contributed by atoms with E-state index in [-0.39, 0.29) is 5.91 Å². The number of anilines is 1. The summed E-state index contributed by atoms with van der Waals surface area (Å²) < 4.78 is 0. The van der Waals surface area contributed by atoms with Crippen molar-refractivity contribution in [2.45, 2.75) is 19.8 Å². The standard InChI is InChI=1S/C15H16N2O/c1-11(2)12-5-7-13(8-6-12)15(18)17-14-4-3-9-16-10-14/h3-11H,1-2H3,(H,17,18)/p+1. The highest BCUT2D eigenvalue weighted by Gasteiger charge is 2.07. The van der Waals surface area contributed by atoms with Crippen molar-refractivity contribution in [1.29, 1.82) is 0 Å². The van der Waals surface area contributed by atoms with Gasteiger partial charge in [0, 0.05) is 11.6 Å². The fourth-order valence-corrected chi connectivity index (χ4v) is 1.69. The highest BCUT2D eigenvalue weighted by molar-refractivity contribution is 6.04. The average Bonchev–Trinajstić information content (AvgIpc) is 2.40. The van der Waals surface area contributed by atoms with Crippen LogP contribution < -0.4 is 10.3 Å². The fourth-order valence-electron chi connectivity index (χ4n) is 1.69. The number of aromatic nitrogens is 1. The van der Waals surface area contributed by atoms with Gasteiger partial charge in [-0.25, -0.2) is 4.98 Å². The van der Waals surface area contributed by atoms with Gasteiger partial charge in [-0.1, -0.05) is 26.0 Å². The molecule has 92 valence electrons. The van der Waals surface area contributed by atoms with Crippen molar-refractivity contribution < 1.29 is 9.78 Å². The van der Waals surface area contributed by atoms with Gasteiger partial charge < -0.3 is 5.32 Å². The summed E-state index contributed by atoms with van der Waals surface area (Å²) in [7, 11) is 0. The molecule has 0 aliphatic carbocycles.